The van der Waals surface area contributed by atoms with Crippen LogP contribution in [0.15, 0.2) is 47.5 Å². The molecular formula is C23H34IN3O4. The summed E-state index contributed by atoms with van der Waals surface area (Å²) < 4.78 is 21.8. The third-order valence-corrected chi connectivity index (χ3v) is 4.15. The van der Waals surface area contributed by atoms with Gasteiger partial charge >= 0.3 is 0 Å². The average molecular weight is 543 g/mol. The van der Waals surface area contributed by atoms with E-state index in [1.807, 2.05) is 56.3 Å². The number of nitrogens with zero attached hydrogens (tertiary/aromatic N) is 1. The van der Waals surface area contributed by atoms with Crippen LogP contribution in [0.25, 0.3) is 0 Å². The molecule has 0 amide bonds. The number of anilines is 1. The molecule has 0 aliphatic carbocycles. The van der Waals surface area contributed by atoms with Crippen molar-refractivity contribution < 1.29 is 18.9 Å². The van der Waals surface area contributed by atoms with E-state index in [1.165, 1.54) is 0 Å². The summed E-state index contributed by atoms with van der Waals surface area (Å²) in [5.41, 5.74) is 1.94. The molecule has 0 atom stereocenters. The molecule has 0 fully saturated rings. The van der Waals surface area contributed by atoms with Crippen LogP contribution in [0.2, 0.25) is 0 Å². The first-order chi connectivity index (χ1) is 14.7. The van der Waals surface area contributed by atoms with Crippen LogP contribution in [-0.4, -0.2) is 46.5 Å². The molecule has 2 aromatic carbocycles. The third-order valence-electron chi connectivity index (χ3n) is 4.15. The van der Waals surface area contributed by atoms with Crippen molar-refractivity contribution in [3.05, 3.63) is 48.0 Å². The van der Waals surface area contributed by atoms with Gasteiger partial charge in [-0.2, -0.15) is 0 Å². The minimum atomic E-state index is 0. The van der Waals surface area contributed by atoms with Gasteiger partial charge in [0.1, 0.15) is 5.75 Å². The number of nitrogens with one attached hydrogen (secondary N) is 2. The Hall–Kier alpha value is -2.20. The second-order valence-electron chi connectivity index (χ2n) is 6.46. The molecule has 8 heteroatoms. The van der Waals surface area contributed by atoms with E-state index in [0.717, 1.165) is 35.7 Å². The zero-order valence-corrected chi connectivity index (χ0v) is 21.1. The minimum absolute atomic E-state index is 0. The molecule has 0 aromatic heterocycles. The van der Waals surface area contributed by atoms with E-state index < -0.39 is 0 Å². The molecule has 0 spiro atoms. The number of hydrogen-bond acceptors (Lipinski definition) is 5. The van der Waals surface area contributed by atoms with E-state index >= 15 is 0 Å². The Morgan fingerprint density at radius 3 is 2.52 bits per heavy atom. The molecule has 172 valence electrons. The highest BCUT2D eigenvalue weighted by Crippen LogP contribution is 2.30. The molecule has 0 saturated carbocycles. The van der Waals surface area contributed by atoms with Crippen molar-refractivity contribution in [1.29, 1.82) is 0 Å². The fourth-order valence-corrected chi connectivity index (χ4v) is 2.76. The molecule has 31 heavy (non-hydrogen) atoms. The zero-order valence-electron chi connectivity index (χ0n) is 18.8. The Kier molecular flexibility index (Phi) is 13.5. The first kappa shape index (κ1) is 26.8. The summed E-state index contributed by atoms with van der Waals surface area (Å²) in [6.45, 7) is 7.16. The maximum atomic E-state index is 5.77. The van der Waals surface area contributed by atoms with Crippen LogP contribution in [0.1, 0.15) is 25.8 Å². The summed E-state index contributed by atoms with van der Waals surface area (Å²) in [6.07, 6.45) is 0.860. The Morgan fingerprint density at radius 1 is 0.968 bits per heavy atom. The van der Waals surface area contributed by atoms with E-state index in [0.29, 0.717) is 38.1 Å². The highest BCUT2D eigenvalue weighted by molar-refractivity contribution is 14.0. The number of benzene rings is 2. The molecule has 0 bridgehead atoms. The largest absolute Gasteiger partial charge is 0.493 e. The van der Waals surface area contributed by atoms with Crippen LogP contribution in [-0.2, 0) is 11.3 Å². The molecule has 0 radical (unpaired) electrons. The molecular weight excluding hydrogens is 509 g/mol. The topological polar surface area (TPSA) is 73.3 Å². The number of halogens is 1. The zero-order chi connectivity index (χ0) is 21.6. The first-order valence-electron chi connectivity index (χ1n) is 10.3. The van der Waals surface area contributed by atoms with Crippen molar-refractivity contribution in [3.63, 3.8) is 0 Å². The lowest BCUT2D eigenvalue weighted by Gasteiger charge is -2.14. The SMILES string of the molecule is CCNC(=NCc1cccc(OCCCOC)c1)Nc1ccc(OCC)c(OC)c1.I. The lowest BCUT2D eigenvalue weighted by molar-refractivity contribution is 0.172. The molecule has 0 saturated heterocycles. The van der Waals surface area contributed by atoms with Crippen LogP contribution in [0.3, 0.4) is 0 Å². The van der Waals surface area contributed by atoms with Crippen molar-refractivity contribution >= 4 is 35.6 Å². The van der Waals surface area contributed by atoms with E-state index in [-0.39, 0.29) is 24.0 Å². The lowest BCUT2D eigenvalue weighted by Crippen LogP contribution is -2.30. The van der Waals surface area contributed by atoms with Gasteiger partial charge in [0.25, 0.3) is 0 Å². The van der Waals surface area contributed by atoms with Gasteiger partial charge in [-0.3, -0.25) is 0 Å². The van der Waals surface area contributed by atoms with Gasteiger partial charge in [-0.05, 0) is 43.7 Å². The highest BCUT2D eigenvalue weighted by atomic mass is 127. The average Bonchev–Trinajstić information content (AvgIpc) is 2.76. The molecule has 2 rings (SSSR count). The highest BCUT2D eigenvalue weighted by Gasteiger charge is 2.07. The van der Waals surface area contributed by atoms with Crippen molar-refractivity contribution in [1.82, 2.24) is 5.32 Å². The Labute approximate surface area is 202 Å². The number of guanidine groups is 1. The molecule has 0 aliphatic heterocycles. The Balaban J connectivity index is 0.00000480. The fraction of sp³-hybridized carbons (Fsp3) is 0.435. The lowest BCUT2D eigenvalue weighted by atomic mass is 10.2. The standard InChI is InChI=1S/C23H33N3O4.HI/c1-5-24-23(26-19-11-12-21(29-6-2)22(16-19)28-4)25-17-18-9-7-10-20(15-18)30-14-8-13-27-3;/h7,9-12,15-16H,5-6,8,13-14,17H2,1-4H3,(H2,24,25,26);1H. The molecule has 0 heterocycles. The number of aliphatic imine (C=N–C) groups is 1. The maximum Gasteiger partial charge on any atom is 0.196 e. The van der Waals surface area contributed by atoms with Crippen LogP contribution in [0.5, 0.6) is 17.2 Å². The monoisotopic (exact) mass is 543 g/mol. The van der Waals surface area contributed by atoms with Gasteiger partial charge in [0, 0.05) is 38.4 Å². The van der Waals surface area contributed by atoms with Gasteiger partial charge in [0.15, 0.2) is 17.5 Å². The molecule has 2 N–H and O–H groups in total. The van der Waals surface area contributed by atoms with Crippen molar-refractivity contribution in [3.8, 4) is 17.2 Å². The summed E-state index contributed by atoms with van der Waals surface area (Å²) in [5, 5.41) is 6.58. The van der Waals surface area contributed by atoms with E-state index in [2.05, 4.69) is 10.6 Å². The molecule has 7 nitrogen and oxygen atoms in total. The second kappa shape index (κ2) is 15.6. The van der Waals surface area contributed by atoms with Gasteiger partial charge < -0.3 is 29.6 Å². The van der Waals surface area contributed by atoms with Crippen LogP contribution in [0.4, 0.5) is 5.69 Å². The van der Waals surface area contributed by atoms with Crippen LogP contribution < -0.4 is 24.8 Å². The van der Waals surface area contributed by atoms with E-state index in [1.54, 1.807) is 14.2 Å². The molecule has 0 aliphatic rings. The summed E-state index contributed by atoms with van der Waals surface area (Å²) in [5.74, 6) is 2.92. The Morgan fingerprint density at radius 2 is 1.81 bits per heavy atom. The minimum Gasteiger partial charge on any atom is -0.493 e. The van der Waals surface area contributed by atoms with Gasteiger partial charge in [0.2, 0.25) is 0 Å². The normalized spacial score (nSPS) is 10.8. The summed E-state index contributed by atoms with van der Waals surface area (Å²) in [4.78, 5) is 4.69. The molecule has 2 aromatic rings. The number of methoxy groups -OCH3 is 2. The summed E-state index contributed by atoms with van der Waals surface area (Å²) in [6, 6.07) is 13.7. The Bertz CT molecular complexity index is 802. The summed E-state index contributed by atoms with van der Waals surface area (Å²) >= 11 is 0. The quantitative estimate of drug-likeness (QED) is 0.175. The van der Waals surface area contributed by atoms with Crippen molar-refractivity contribution in [2.24, 2.45) is 4.99 Å². The number of hydrogen-bond donors (Lipinski definition) is 2. The van der Waals surface area contributed by atoms with Gasteiger partial charge in [-0.25, -0.2) is 4.99 Å². The maximum absolute atomic E-state index is 5.77. The number of rotatable bonds is 12. The van der Waals surface area contributed by atoms with E-state index in [9.17, 15) is 0 Å². The predicted octanol–water partition coefficient (Wildman–Crippen LogP) is 4.70. The predicted molar refractivity (Wildman–Crippen MR) is 136 cm³/mol. The summed E-state index contributed by atoms with van der Waals surface area (Å²) in [7, 11) is 3.32. The van der Waals surface area contributed by atoms with Crippen molar-refractivity contribution in [2.45, 2.75) is 26.8 Å². The van der Waals surface area contributed by atoms with Crippen LogP contribution in [0, 0.1) is 0 Å². The van der Waals surface area contributed by atoms with E-state index in [4.69, 9.17) is 23.9 Å². The van der Waals surface area contributed by atoms with Gasteiger partial charge in [-0.1, -0.05) is 12.1 Å². The first-order valence-corrected chi connectivity index (χ1v) is 10.3. The fourth-order valence-electron chi connectivity index (χ4n) is 2.76. The molecule has 0 unspecified atom stereocenters. The van der Waals surface area contributed by atoms with Crippen LogP contribution >= 0.6 is 24.0 Å². The van der Waals surface area contributed by atoms with Gasteiger partial charge in [-0.15, -0.1) is 24.0 Å². The third kappa shape index (κ3) is 9.65. The smallest absolute Gasteiger partial charge is 0.196 e. The van der Waals surface area contributed by atoms with Gasteiger partial charge in [0.05, 0.1) is 26.9 Å². The second-order valence-corrected chi connectivity index (χ2v) is 6.46. The van der Waals surface area contributed by atoms with Crippen molar-refractivity contribution in [2.75, 3.05) is 45.9 Å². The number of ether oxygens (including phenoxy) is 4.